The molecule has 1 rings (SSSR count). The fraction of sp³-hybridized carbons (Fsp3) is 0.400. The third-order valence-electron chi connectivity index (χ3n) is 2.02. The summed E-state index contributed by atoms with van der Waals surface area (Å²) < 4.78 is 7.27. The maximum atomic E-state index is 5.14. The topological polar surface area (TPSA) is 12.5 Å². The molecular weight excluding hydrogens is 182 g/mol. The van der Waals surface area contributed by atoms with Gasteiger partial charge in [0.25, 0.3) is 0 Å². The van der Waals surface area contributed by atoms with Gasteiger partial charge in [0, 0.05) is 19.0 Å². The Hall–Kier alpha value is -0.830. The van der Waals surface area contributed by atoms with E-state index in [0.29, 0.717) is 0 Å². The Morgan fingerprint density at radius 2 is 2.08 bits per heavy atom. The van der Waals surface area contributed by atoms with Gasteiger partial charge in [-0.15, -0.1) is 0 Å². The lowest BCUT2D eigenvalue weighted by Crippen LogP contribution is -2.06. The van der Waals surface area contributed by atoms with Crippen LogP contribution in [0.4, 0.5) is 5.69 Å². The number of benzene rings is 1. The van der Waals surface area contributed by atoms with Crippen molar-refractivity contribution in [1.29, 1.82) is 0 Å². The minimum Gasteiger partial charge on any atom is -0.497 e. The minimum absolute atomic E-state index is 0.913. The van der Waals surface area contributed by atoms with Crippen molar-refractivity contribution in [3.8, 4) is 5.75 Å². The van der Waals surface area contributed by atoms with Gasteiger partial charge in [0.15, 0.2) is 0 Å². The van der Waals surface area contributed by atoms with Gasteiger partial charge in [-0.2, -0.15) is 0 Å². The summed E-state index contributed by atoms with van der Waals surface area (Å²) in [5, 5.41) is 0. The highest BCUT2D eigenvalue weighted by atomic mass is 32.2. The molecule has 0 unspecified atom stereocenters. The van der Waals surface area contributed by atoms with E-state index in [4.69, 9.17) is 4.74 Å². The molecule has 0 aliphatic carbocycles. The molecule has 0 saturated heterocycles. The summed E-state index contributed by atoms with van der Waals surface area (Å²) in [4.78, 5) is 0. The Bertz CT molecular complexity index is 288. The summed E-state index contributed by atoms with van der Waals surface area (Å²) in [5.41, 5.74) is 2.46. The molecule has 72 valence electrons. The van der Waals surface area contributed by atoms with E-state index in [2.05, 4.69) is 30.6 Å². The molecule has 0 aliphatic heterocycles. The predicted molar refractivity (Wildman–Crippen MR) is 59.6 cm³/mol. The number of hydrogen-bond acceptors (Lipinski definition) is 3. The van der Waals surface area contributed by atoms with Crippen LogP contribution in [0, 0.1) is 6.92 Å². The first-order chi connectivity index (χ1) is 6.19. The summed E-state index contributed by atoms with van der Waals surface area (Å²) in [6, 6.07) is 6.10. The molecule has 0 fully saturated rings. The Morgan fingerprint density at radius 1 is 1.38 bits per heavy atom. The molecule has 0 spiro atoms. The Labute approximate surface area is 84.0 Å². The summed E-state index contributed by atoms with van der Waals surface area (Å²) >= 11 is 1.70. The lowest BCUT2D eigenvalue weighted by atomic mass is 10.2. The van der Waals surface area contributed by atoms with Crippen molar-refractivity contribution in [2.24, 2.45) is 0 Å². The fourth-order valence-corrected chi connectivity index (χ4v) is 1.61. The van der Waals surface area contributed by atoms with Gasteiger partial charge in [0.05, 0.1) is 7.11 Å². The number of nitrogens with zero attached hydrogens (tertiary/aromatic N) is 1. The first-order valence-corrected chi connectivity index (χ1v) is 5.29. The van der Waals surface area contributed by atoms with Crippen molar-refractivity contribution in [2.75, 3.05) is 24.7 Å². The molecule has 0 bridgehead atoms. The summed E-state index contributed by atoms with van der Waals surface area (Å²) in [6.45, 7) is 2.09. The van der Waals surface area contributed by atoms with Crippen LogP contribution in [-0.2, 0) is 0 Å². The molecule has 0 aliphatic rings. The molecule has 0 radical (unpaired) electrons. The lowest BCUT2D eigenvalue weighted by Gasteiger charge is -2.18. The largest absolute Gasteiger partial charge is 0.497 e. The minimum atomic E-state index is 0.913. The SMILES string of the molecule is COc1ccc(N(C)SC)c(C)c1. The quantitative estimate of drug-likeness (QED) is 0.691. The third-order valence-corrected chi connectivity index (χ3v) is 2.76. The smallest absolute Gasteiger partial charge is 0.119 e. The second kappa shape index (κ2) is 4.42. The normalized spacial score (nSPS) is 9.85. The van der Waals surface area contributed by atoms with Crippen LogP contribution in [0.15, 0.2) is 18.2 Å². The molecule has 0 saturated carbocycles. The molecule has 0 N–H and O–H groups in total. The zero-order chi connectivity index (χ0) is 9.84. The van der Waals surface area contributed by atoms with E-state index >= 15 is 0 Å². The highest BCUT2D eigenvalue weighted by molar-refractivity contribution is 7.99. The van der Waals surface area contributed by atoms with Crippen molar-refractivity contribution < 1.29 is 4.74 Å². The van der Waals surface area contributed by atoms with Crippen LogP contribution in [0.3, 0.4) is 0 Å². The lowest BCUT2D eigenvalue weighted by molar-refractivity contribution is 0.414. The second-order valence-corrected chi connectivity index (χ2v) is 3.75. The van der Waals surface area contributed by atoms with Crippen LogP contribution >= 0.6 is 11.9 Å². The number of hydrogen-bond donors (Lipinski definition) is 0. The Morgan fingerprint density at radius 3 is 2.54 bits per heavy atom. The first kappa shape index (κ1) is 10.3. The first-order valence-electron chi connectivity index (χ1n) is 4.11. The van der Waals surface area contributed by atoms with Crippen LogP contribution in [0.2, 0.25) is 0 Å². The van der Waals surface area contributed by atoms with Crippen LogP contribution in [0.1, 0.15) is 5.56 Å². The fourth-order valence-electron chi connectivity index (χ4n) is 1.21. The molecule has 0 amide bonds. The van der Waals surface area contributed by atoms with E-state index in [1.54, 1.807) is 19.1 Å². The maximum Gasteiger partial charge on any atom is 0.119 e. The zero-order valence-electron chi connectivity index (χ0n) is 8.50. The summed E-state index contributed by atoms with van der Waals surface area (Å²) in [6.07, 6.45) is 2.06. The maximum absolute atomic E-state index is 5.14. The van der Waals surface area contributed by atoms with Gasteiger partial charge in [-0.25, -0.2) is 0 Å². The van der Waals surface area contributed by atoms with Gasteiger partial charge in [-0.1, -0.05) is 11.9 Å². The molecule has 2 nitrogen and oxygen atoms in total. The van der Waals surface area contributed by atoms with Crippen LogP contribution in [0.25, 0.3) is 0 Å². The highest BCUT2D eigenvalue weighted by Gasteiger charge is 2.03. The van der Waals surface area contributed by atoms with Crippen molar-refractivity contribution in [1.82, 2.24) is 0 Å². The monoisotopic (exact) mass is 197 g/mol. The number of rotatable bonds is 3. The van der Waals surface area contributed by atoms with E-state index in [9.17, 15) is 0 Å². The molecule has 3 heteroatoms. The molecule has 1 aromatic carbocycles. The van der Waals surface area contributed by atoms with Gasteiger partial charge in [-0.05, 0) is 30.7 Å². The molecule has 1 aromatic rings. The van der Waals surface area contributed by atoms with E-state index in [1.807, 2.05) is 12.1 Å². The van der Waals surface area contributed by atoms with E-state index < -0.39 is 0 Å². The van der Waals surface area contributed by atoms with Gasteiger partial charge in [0.2, 0.25) is 0 Å². The summed E-state index contributed by atoms with van der Waals surface area (Å²) in [7, 11) is 3.74. The standard InChI is InChI=1S/C10H15NOS/c1-8-7-9(12-3)5-6-10(8)11(2)13-4/h5-7H,1-4H3. The average Bonchev–Trinajstić information content (AvgIpc) is 2.16. The number of anilines is 1. The van der Waals surface area contributed by atoms with E-state index in [1.165, 1.54) is 11.3 Å². The number of aryl methyl sites for hydroxylation is 1. The Balaban J connectivity index is 2.98. The van der Waals surface area contributed by atoms with Crippen molar-refractivity contribution >= 4 is 17.6 Å². The van der Waals surface area contributed by atoms with Gasteiger partial charge < -0.3 is 9.04 Å². The van der Waals surface area contributed by atoms with Gasteiger partial charge in [0.1, 0.15) is 5.75 Å². The van der Waals surface area contributed by atoms with Crippen LogP contribution in [-0.4, -0.2) is 20.4 Å². The third kappa shape index (κ3) is 2.31. The summed E-state index contributed by atoms with van der Waals surface area (Å²) in [5.74, 6) is 0.913. The average molecular weight is 197 g/mol. The number of ether oxygens (including phenoxy) is 1. The van der Waals surface area contributed by atoms with Crippen molar-refractivity contribution in [2.45, 2.75) is 6.92 Å². The Kier molecular flexibility index (Phi) is 3.48. The van der Waals surface area contributed by atoms with Crippen molar-refractivity contribution in [3.05, 3.63) is 23.8 Å². The highest BCUT2D eigenvalue weighted by Crippen LogP contribution is 2.26. The zero-order valence-corrected chi connectivity index (χ0v) is 9.31. The molecule has 13 heavy (non-hydrogen) atoms. The van der Waals surface area contributed by atoms with Gasteiger partial charge >= 0.3 is 0 Å². The van der Waals surface area contributed by atoms with E-state index in [0.717, 1.165) is 5.75 Å². The second-order valence-electron chi connectivity index (χ2n) is 2.83. The predicted octanol–water partition coefficient (Wildman–Crippen LogP) is 2.72. The van der Waals surface area contributed by atoms with Crippen LogP contribution < -0.4 is 9.04 Å². The van der Waals surface area contributed by atoms with E-state index in [-0.39, 0.29) is 0 Å². The van der Waals surface area contributed by atoms with Crippen LogP contribution in [0.5, 0.6) is 5.75 Å². The molecular formula is C10H15NOS. The molecule has 0 heterocycles. The van der Waals surface area contributed by atoms with Gasteiger partial charge in [-0.3, -0.25) is 0 Å². The molecule has 0 atom stereocenters. The number of methoxy groups -OCH3 is 1. The van der Waals surface area contributed by atoms with Crippen molar-refractivity contribution in [3.63, 3.8) is 0 Å². The molecule has 0 aromatic heterocycles.